The van der Waals surface area contributed by atoms with E-state index in [1.807, 2.05) is 13.0 Å². The highest BCUT2D eigenvalue weighted by Crippen LogP contribution is 2.44. The highest BCUT2D eigenvalue weighted by Gasteiger charge is 2.42. The Morgan fingerprint density at radius 2 is 2.42 bits per heavy atom. The SMILES string of the molecule is CCn1ncc(OC)c1C1(O)CCCc2occc21. The van der Waals surface area contributed by atoms with Crippen LogP contribution >= 0.6 is 0 Å². The van der Waals surface area contributed by atoms with Crippen LogP contribution in [0.15, 0.2) is 22.9 Å². The van der Waals surface area contributed by atoms with E-state index in [2.05, 4.69) is 5.10 Å². The second kappa shape index (κ2) is 4.42. The number of aromatic nitrogens is 2. The van der Waals surface area contributed by atoms with E-state index >= 15 is 0 Å². The molecule has 0 aromatic carbocycles. The molecule has 1 atom stereocenters. The molecule has 19 heavy (non-hydrogen) atoms. The molecule has 0 aliphatic heterocycles. The van der Waals surface area contributed by atoms with E-state index in [0.29, 0.717) is 18.7 Å². The molecule has 0 amide bonds. The summed E-state index contributed by atoms with van der Waals surface area (Å²) in [6.07, 6.45) is 5.70. The molecule has 2 heterocycles. The summed E-state index contributed by atoms with van der Waals surface area (Å²) < 4.78 is 12.6. The third kappa shape index (κ3) is 1.69. The van der Waals surface area contributed by atoms with E-state index in [1.165, 1.54) is 0 Å². The van der Waals surface area contributed by atoms with Gasteiger partial charge in [0, 0.05) is 18.5 Å². The van der Waals surface area contributed by atoms with E-state index < -0.39 is 5.60 Å². The quantitative estimate of drug-likeness (QED) is 0.920. The van der Waals surface area contributed by atoms with Crippen LogP contribution in [0.1, 0.15) is 36.8 Å². The number of rotatable bonds is 3. The first-order valence-electron chi connectivity index (χ1n) is 6.60. The predicted molar refractivity (Wildman–Crippen MR) is 69.1 cm³/mol. The molecule has 0 fully saturated rings. The number of hydrogen-bond donors (Lipinski definition) is 1. The molecule has 5 nitrogen and oxygen atoms in total. The Labute approximate surface area is 111 Å². The van der Waals surface area contributed by atoms with Gasteiger partial charge in [0.1, 0.15) is 17.1 Å². The minimum Gasteiger partial charge on any atom is -0.493 e. The van der Waals surface area contributed by atoms with E-state index in [0.717, 1.165) is 29.9 Å². The molecule has 1 N–H and O–H groups in total. The van der Waals surface area contributed by atoms with Crippen molar-refractivity contribution in [2.45, 2.75) is 38.3 Å². The monoisotopic (exact) mass is 262 g/mol. The van der Waals surface area contributed by atoms with Gasteiger partial charge in [-0.1, -0.05) is 0 Å². The fraction of sp³-hybridized carbons (Fsp3) is 0.500. The second-order valence-electron chi connectivity index (χ2n) is 4.85. The zero-order chi connectivity index (χ0) is 13.5. The summed E-state index contributed by atoms with van der Waals surface area (Å²) >= 11 is 0. The second-order valence-corrected chi connectivity index (χ2v) is 4.85. The van der Waals surface area contributed by atoms with Crippen LogP contribution in [0.3, 0.4) is 0 Å². The summed E-state index contributed by atoms with van der Waals surface area (Å²) in [6, 6.07) is 1.85. The fourth-order valence-corrected chi connectivity index (χ4v) is 2.96. The van der Waals surface area contributed by atoms with Crippen LogP contribution < -0.4 is 4.74 Å². The van der Waals surface area contributed by atoms with Crippen molar-refractivity contribution in [3.63, 3.8) is 0 Å². The molecule has 3 rings (SSSR count). The Balaban J connectivity index is 2.19. The van der Waals surface area contributed by atoms with E-state index in [1.54, 1.807) is 24.3 Å². The van der Waals surface area contributed by atoms with Gasteiger partial charge in [-0.25, -0.2) is 0 Å². The number of aliphatic hydroxyl groups is 1. The number of ether oxygens (including phenoxy) is 1. The third-order valence-electron chi connectivity index (χ3n) is 3.85. The molecule has 1 aliphatic rings. The first-order chi connectivity index (χ1) is 9.20. The number of furan rings is 1. The minimum absolute atomic E-state index is 0.624. The van der Waals surface area contributed by atoms with Gasteiger partial charge in [-0.05, 0) is 25.8 Å². The van der Waals surface area contributed by atoms with Gasteiger partial charge in [0.05, 0.1) is 19.6 Å². The lowest BCUT2D eigenvalue weighted by atomic mass is 9.80. The van der Waals surface area contributed by atoms with Crippen molar-refractivity contribution in [2.75, 3.05) is 7.11 Å². The van der Waals surface area contributed by atoms with Crippen LogP contribution in [-0.4, -0.2) is 22.0 Å². The molecule has 102 valence electrons. The number of nitrogens with zero attached hydrogens (tertiary/aromatic N) is 2. The smallest absolute Gasteiger partial charge is 0.163 e. The van der Waals surface area contributed by atoms with Gasteiger partial charge in [-0.2, -0.15) is 5.10 Å². The summed E-state index contributed by atoms with van der Waals surface area (Å²) in [7, 11) is 1.60. The van der Waals surface area contributed by atoms with Crippen LogP contribution in [0.2, 0.25) is 0 Å². The summed E-state index contributed by atoms with van der Waals surface area (Å²) in [6.45, 7) is 2.69. The van der Waals surface area contributed by atoms with Crippen LogP contribution in [0, 0.1) is 0 Å². The van der Waals surface area contributed by atoms with Crippen molar-refractivity contribution in [2.24, 2.45) is 0 Å². The molecule has 0 radical (unpaired) electrons. The Morgan fingerprint density at radius 3 is 3.16 bits per heavy atom. The van der Waals surface area contributed by atoms with Crippen LogP contribution in [-0.2, 0) is 18.6 Å². The number of hydrogen-bond acceptors (Lipinski definition) is 4. The molecule has 0 spiro atoms. The normalized spacial score (nSPS) is 22.3. The molecule has 2 aromatic heterocycles. The average molecular weight is 262 g/mol. The first kappa shape index (κ1) is 12.3. The lowest BCUT2D eigenvalue weighted by Crippen LogP contribution is -2.34. The van der Waals surface area contributed by atoms with Crippen LogP contribution in [0.5, 0.6) is 5.75 Å². The summed E-state index contributed by atoms with van der Waals surface area (Å²) in [4.78, 5) is 0. The highest BCUT2D eigenvalue weighted by atomic mass is 16.5. The van der Waals surface area contributed by atoms with E-state index in [4.69, 9.17) is 9.15 Å². The minimum atomic E-state index is -1.07. The predicted octanol–water partition coefficient (Wildman–Crippen LogP) is 2.08. The molecule has 0 saturated heterocycles. The van der Waals surface area contributed by atoms with Crippen LogP contribution in [0.25, 0.3) is 0 Å². The third-order valence-corrected chi connectivity index (χ3v) is 3.85. The maximum Gasteiger partial charge on any atom is 0.163 e. The fourth-order valence-electron chi connectivity index (χ4n) is 2.96. The Bertz CT molecular complexity index is 566. The molecule has 5 heteroatoms. The van der Waals surface area contributed by atoms with Gasteiger partial charge in [-0.15, -0.1) is 0 Å². The Morgan fingerprint density at radius 1 is 1.58 bits per heavy atom. The maximum atomic E-state index is 11.2. The number of methoxy groups -OCH3 is 1. The summed E-state index contributed by atoms with van der Waals surface area (Å²) in [5.74, 6) is 1.48. The van der Waals surface area contributed by atoms with Crippen molar-refractivity contribution in [3.05, 3.63) is 35.5 Å². The van der Waals surface area contributed by atoms with E-state index in [9.17, 15) is 5.11 Å². The molecular weight excluding hydrogens is 244 g/mol. The lowest BCUT2D eigenvalue weighted by molar-refractivity contribution is 0.0472. The standard InChI is InChI=1S/C14H18N2O3/c1-3-16-13(12(18-2)9-15-16)14(17)7-4-5-11-10(14)6-8-19-11/h6,8-9,17H,3-5,7H2,1-2H3. The van der Waals surface area contributed by atoms with Crippen molar-refractivity contribution < 1.29 is 14.3 Å². The maximum absolute atomic E-state index is 11.2. The molecule has 0 saturated carbocycles. The molecule has 1 aliphatic carbocycles. The highest BCUT2D eigenvalue weighted by molar-refractivity contribution is 5.42. The van der Waals surface area contributed by atoms with Crippen molar-refractivity contribution in [3.8, 4) is 5.75 Å². The Kier molecular flexibility index (Phi) is 2.86. The zero-order valence-electron chi connectivity index (χ0n) is 11.2. The van der Waals surface area contributed by atoms with Gasteiger partial charge in [0.2, 0.25) is 0 Å². The van der Waals surface area contributed by atoms with Gasteiger partial charge < -0.3 is 14.3 Å². The molecule has 2 aromatic rings. The van der Waals surface area contributed by atoms with Crippen molar-refractivity contribution in [1.29, 1.82) is 0 Å². The van der Waals surface area contributed by atoms with Gasteiger partial charge in [-0.3, -0.25) is 4.68 Å². The molecule has 0 bridgehead atoms. The average Bonchev–Trinajstić information content (AvgIpc) is 3.05. The zero-order valence-corrected chi connectivity index (χ0v) is 11.2. The first-order valence-corrected chi connectivity index (χ1v) is 6.60. The topological polar surface area (TPSA) is 60.4 Å². The molecular formula is C14H18N2O3. The molecule has 1 unspecified atom stereocenters. The lowest BCUT2D eigenvalue weighted by Gasteiger charge is -2.32. The van der Waals surface area contributed by atoms with Crippen molar-refractivity contribution >= 4 is 0 Å². The van der Waals surface area contributed by atoms with Gasteiger partial charge >= 0.3 is 0 Å². The largest absolute Gasteiger partial charge is 0.493 e. The summed E-state index contributed by atoms with van der Waals surface area (Å²) in [5, 5.41) is 15.5. The van der Waals surface area contributed by atoms with Gasteiger partial charge in [0.15, 0.2) is 5.75 Å². The number of aryl methyl sites for hydroxylation is 2. The summed E-state index contributed by atoms with van der Waals surface area (Å²) in [5.41, 5.74) is 0.491. The Hall–Kier alpha value is -1.75. The van der Waals surface area contributed by atoms with Crippen LogP contribution in [0.4, 0.5) is 0 Å². The van der Waals surface area contributed by atoms with Crippen molar-refractivity contribution in [1.82, 2.24) is 9.78 Å². The number of fused-ring (bicyclic) bond motifs is 1. The van der Waals surface area contributed by atoms with Gasteiger partial charge in [0.25, 0.3) is 0 Å². The van der Waals surface area contributed by atoms with E-state index in [-0.39, 0.29) is 0 Å².